The zero-order chi connectivity index (χ0) is 20.5. The molecule has 0 aliphatic rings. The molecule has 1 atom stereocenters. The zero-order valence-corrected chi connectivity index (χ0v) is 16.9. The van der Waals surface area contributed by atoms with Gasteiger partial charge in [-0.15, -0.1) is 0 Å². The van der Waals surface area contributed by atoms with Gasteiger partial charge in [0, 0.05) is 11.6 Å². The van der Waals surface area contributed by atoms with Crippen LogP contribution in [0, 0.1) is 0 Å². The van der Waals surface area contributed by atoms with Gasteiger partial charge in [-0.2, -0.15) is 0 Å². The molecule has 150 valence electrons. The number of amides is 1. The summed E-state index contributed by atoms with van der Waals surface area (Å²) in [6.45, 7) is 5.05. The second-order valence-electron chi connectivity index (χ2n) is 6.96. The molecular formula is C25H27NO3. The minimum Gasteiger partial charge on any atom is -0.494 e. The van der Waals surface area contributed by atoms with Gasteiger partial charge in [0.2, 0.25) is 0 Å². The van der Waals surface area contributed by atoms with Crippen LogP contribution in [0.3, 0.4) is 0 Å². The van der Waals surface area contributed by atoms with E-state index in [1.54, 1.807) is 12.1 Å². The molecular weight excluding hydrogens is 362 g/mol. The topological polar surface area (TPSA) is 47.6 Å². The lowest BCUT2D eigenvalue weighted by Crippen LogP contribution is -2.34. The third kappa shape index (κ3) is 6.39. The second kappa shape index (κ2) is 10.3. The van der Waals surface area contributed by atoms with E-state index >= 15 is 0 Å². The monoisotopic (exact) mass is 389 g/mol. The first-order valence-electron chi connectivity index (χ1n) is 9.93. The fourth-order valence-corrected chi connectivity index (χ4v) is 3.07. The maximum atomic E-state index is 12.5. The Morgan fingerprint density at radius 2 is 1.62 bits per heavy atom. The van der Waals surface area contributed by atoms with E-state index in [0.29, 0.717) is 24.5 Å². The maximum absolute atomic E-state index is 12.5. The molecule has 0 aromatic heterocycles. The molecule has 0 bridgehead atoms. The Kier molecular flexibility index (Phi) is 7.28. The Morgan fingerprint density at radius 1 is 0.862 bits per heavy atom. The highest BCUT2D eigenvalue weighted by Crippen LogP contribution is 2.16. The van der Waals surface area contributed by atoms with Crippen molar-refractivity contribution in [2.75, 3.05) is 6.61 Å². The smallest absolute Gasteiger partial charge is 0.251 e. The van der Waals surface area contributed by atoms with Crippen LogP contribution in [-0.2, 0) is 13.0 Å². The Morgan fingerprint density at radius 3 is 2.34 bits per heavy atom. The molecule has 1 N–H and O–H groups in total. The average Bonchev–Trinajstić information content (AvgIpc) is 2.74. The number of benzene rings is 3. The summed E-state index contributed by atoms with van der Waals surface area (Å²) in [7, 11) is 0. The third-order valence-corrected chi connectivity index (χ3v) is 4.50. The Bertz CT molecular complexity index is 907. The fraction of sp³-hybridized carbons (Fsp3) is 0.240. The molecule has 0 heterocycles. The van der Waals surface area contributed by atoms with Crippen LogP contribution in [-0.4, -0.2) is 18.6 Å². The molecule has 3 aromatic carbocycles. The highest BCUT2D eigenvalue weighted by Gasteiger charge is 2.11. The summed E-state index contributed by atoms with van der Waals surface area (Å²) in [5.41, 5.74) is 2.89. The van der Waals surface area contributed by atoms with Crippen molar-refractivity contribution < 1.29 is 14.3 Å². The van der Waals surface area contributed by atoms with Gasteiger partial charge in [0.15, 0.2) is 0 Å². The number of rotatable bonds is 9. The fourth-order valence-electron chi connectivity index (χ4n) is 3.07. The van der Waals surface area contributed by atoms with E-state index < -0.39 is 0 Å². The molecule has 0 saturated carbocycles. The van der Waals surface area contributed by atoms with E-state index in [1.807, 2.05) is 80.6 Å². The van der Waals surface area contributed by atoms with E-state index in [9.17, 15) is 4.79 Å². The lowest BCUT2D eigenvalue weighted by atomic mass is 10.1. The summed E-state index contributed by atoms with van der Waals surface area (Å²) in [5, 5.41) is 3.05. The lowest BCUT2D eigenvalue weighted by Gasteiger charge is -2.15. The van der Waals surface area contributed by atoms with Crippen molar-refractivity contribution >= 4 is 5.91 Å². The van der Waals surface area contributed by atoms with E-state index in [2.05, 4.69) is 5.32 Å². The molecule has 4 nitrogen and oxygen atoms in total. The molecule has 0 aliphatic heterocycles. The van der Waals surface area contributed by atoms with Crippen LogP contribution in [0.5, 0.6) is 11.5 Å². The van der Waals surface area contributed by atoms with Crippen molar-refractivity contribution in [2.24, 2.45) is 0 Å². The predicted molar refractivity (Wildman–Crippen MR) is 115 cm³/mol. The third-order valence-electron chi connectivity index (χ3n) is 4.50. The highest BCUT2D eigenvalue weighted by atomic mass is 16.5. The van der Waals surface area contributed by atoms with Crippen LogP contribution in [0.25, 0.3) is 0 Å². The number of hydrogen-bond donors (Lipinski definition) is 1. The first-order chi connectivity index (χ1) is 14.1. The van der Waals surface area contributed by atoms with Crippen LogP contribution in [0.4, 0.5) is 0 Å². The summed E-state index contributed by atoms with van der Waals surface area (Å²) >= 11 is 0. The standard InChI is InChI=1S/C25H27NO3/c1-3-28-24-11-7-10-22(17-24)25(27)26-19(2)16-20-12-14-23(15-13-20)29-18-21-8-5-4-6-9-21/h4-15,17,19H,3,16,18H2,1-2H3,(H,26,27)/t19-/m0/s1. The minimum atomic E-state index is -0.0955. The first kappa shape index (κ1) is 20.5. The van der Waals surface area contributed by atoms with Crippen LogP contribution in [0.1, 0.15) is 35.3 Å². The van der Waals surface area contributed by atoms with Gasteiger partial charge in [-0.05, 0) is 61.7 Å². The van der Waals surface area contributed by atoms with Gasteiger partial charge < -0.3 is 14.8 Å². The summed E-state index contributed by atoms with van der Waals surface area (Å²) < 4.78 is 11.3. The van der Waals surface area contributed by atoms with Crippen LogP contribution < -0.4 is 14.8 Å². The molecule has 1 amide bonds. The molecule has 0 spiro atoms. The first-order valence-corrected chi connectivity index (χ1v) is 9.93. The Balaban J connectivity index is 1.50. The van der Waals surface area contributed by atoms with Crippen LogP contribution in [0.2, 0.25) is 0 Å². The molecule has 0 radical (unpaired) electrons. The number of carbonyl (C=O) groups is 1. The molecule has 0 fully saturated rings. The Labute approximate surface area is 172 Å². The van der Waals surface area contributed by atoms with Gasteiger partial charge in [0.25, 0.3) is 5.91 Å². The van der Waals surface area contributed by atoms with Gasteiger partial charge in [0.05, 0.1) is 6.61 Å². The normalized spacial score (nSPS) is 11.5. The molecule has 0 saturated heterocycles. The molecule has 3 aromatic rings. The van der Waals surface area contributed by atoms with Crippen molar-refractivity contribution in [3.63, 3.8) is 0 Å². The molecule has 4 heteroatoms. The number of nitrogens with one attached hydrogen (secondary N) is 1. The van der Waals surface area contributed by atoms with Crippen molar-refractivity contribution in [3.8, 4) is 11.5 Å². The molecule has 29 heavy (non-hydrogen) atoms. The molecule has 0 unspecified atom stereocenters. The van der Waals surface area contributed by atoms with Crippen LogP contribution >= 0.6 is 0 Å². The summed E-state index contributed by atoms with van der Waals surface area (Å²) in [4.78, 5) is 12.5. The molecule has 3 rings (SSSR count). The number of ether oxygens (including phenoxy) is 2. The SMILES string of the molecule is CCOc1cccc(C(=O)N[C@@H](C)Cc2ccc(OCc3ccccc3)cc2)c1. The largest absolute Gasteiger partial charge is 0.494 e. The van der Waals surface area contributed by atoms with Crippen molar-refractivity contribution in [1.82, 2.24) is 5.32 Å². The maximum Gasteiger partial charge on any atom is 0.251 e. The average molecular weight is 389 g/mol. The quantitative estimate of drug-likeness (QED) is 0.559. The number of hydrogen-bond acceptors (Lipinski definition) is 3. The number of carbonyl (C=O) groups excluding carboxylic acids is 1. The van der Waals surface area contributed by atoms with E-state index in [4.69, 9.17) is 9.47 Å². The van der Waals surface area contributed by atoms with Crippen molar-refractivity contribution in [2.45, 2.75) is 32.9 Å². The van der Waals surface area contributed by atoms with Gasteiger partial charge in [-0.3, -0.25) is 4.79 Å². The van der Waals surface area contributed by atoms with E-state index in [1.165, 1.54) is 0 Å². The molecule has 0 aliphatic carbocycles. The lowest BCUT2D eigenvalue weighted by molar-refractivity contribution is 0.0939. The second-order valence-corrected chi connectivity index (χ2v) is 6.96. The van der Waals surface area contributed by atoms with Gasteiger partial charge >= 0.3 is 0 Å². The minimum absolute atomic E-state index is 0.00865. The van der Waals surface area contributed by atoms with Crippen molar-refractivity contribution in [3.05, 3.63) is 95.6 Å². The van der Waals surface area contributed by atoms with Crippen LogP contribution in [0.15, 0.2) is 78.9 Å². The van der Waals surface area contributed by atoms with Gasteiger partial charge in [0.1, 0.15) is 18.1 Å². The van der Waals surface area contributed by atoms with Crippen molar-refractivity contribution in [1.29, 1.82) is 0 Å². The summed E-state index contributed by atoms with van der Waals surface area (Å²) in [6, 6.07) is 25.4. The van der Waals surface area contributed by atoms with Gasteiger partial charge in [-0.1, -0.05) is 48.5 Å². The van der Waals surface area contributed by atoms with E-state index in [0.717, 1.165) is 23.3 Å². The van der Waals surface area contributed by atoms with E-state index in [-0.39, 0.29) is 11.9 Å². The predicted octanol–water partition coefficient (Wildman–Crippen LogP) is 5.03. The Hall–Kier alpha value is -3.27. The summed E-state index contributed by atoms with van der Waals surface area (Å²) in [5.74, 6) is 1.45. The van der Waals surface area contributed by atoms with Gasteiger partial charge in [-0.25, -0.2) is 0 Å². The zero-order valence-electron chi connectivity index (χ0n) is 16.9. The highest BCUT2D eigenvalue weighted by molar-refractivity contribution is 5.94. The summed E-state index contributed by atoms with van der Waals surface area (Å²) in [6.07, 6.45) is 0.746.